The van der Waals surface area contributed by atoms with Crippen LogP contribution in [0, 0.1) is 11.8 Å². The van der Waals surface area contributed by atoms with Gasteiger partial charge in [-0.25, -0.2) is 4.98 Å². The normalized spacial score (nSPS) is 28.2. The number of aromatic amines is 1. The fourth-order valence-electron chi connectivity index (χ4n) is 3.96. The first-order chi connectivity index (χ1) is 11.8. The SMILES string of the molecule is COC[C@@H]1[C@H](NC(=O)c2ccccc2-c2ncc[nH]2)[C@@H]2CCO[C@H]12. The third-order valence-corrected chi connectivity index (χ3v) is 5.11. The third-order valence-electron chi connectivity index (χ3n) is 5.11. The van der Waals surface area contributed by atoms with Gasteiger partial charge in [-0.05, 0) is 12.5 Å². The van der Waals surface area contributed by atoms with Crippen molar-refractivity contribution in [1.29, 1.82) is 0 Å². The number of nitrogens with one attached hydrogen (secondary N) is 2. The van der Waals surface area contributed by atoms with Gasteiger partial charge in [0.2, 0.25) is 0 Å². The quantitative estimate of drug-likeness (QED) is 0.879. The molecule has 2 heterocycles. The zero-order chi connectivity index (χ0) is 16.5. The lowest BCUT2D eigenvalue weighted by Crippen LogP contribution is -2.62. The zero-order valence-corrected chi connectivity index (χ0v) is 13.6. The molecule has 1 saturated heterocycles. The van der Waals surface area contributed by atoms with Gasteiger partial charge in [-0.3, -0.25) is 4.79 Å². The van der Waals surface area contributed by atoms with Crippen LogP contribution in [0.5, 0.6) is 0 Å². The highest BCUT2D eigenvalue weighted by molar-refractivity contribution is 6.00. The van der Waals surface area contributed by atoms with E-state index in [-0.39, 0.29) is 24.0 Å². The molecule has 1 aromatic heterocycles. The van der Waals surface area contributed by atoms with Gasteiger partial charge in [0.1, 0.15) is 5.82 Å². The van der Waals surface area contributed by atoms with Crippen molar-refractivity contribution in [3.63, 3.8) is 0 Å². The lowest BCUT2D eigenvalue weighted by atomic mass is 9.67. The highest BCUT2D eigenvalue weighted by atomic mass is 16.5. The average Bonchev–Trinajstić information content (AvgIpc) is 3.27. The first-order valence-corrected chi connectivity index (χ1v) is 8.30. The van der Waals surface area contributed by atoms with Crippen LogP contribution < -0.4 is 5.32 Å². The van der Waals surface area contributed by atoms with E-state index in [1.54, 1.807) is 19.5 Å². The van der Waals surface area contributed by atoms with Crippen LogP contribution >= 0.6 is 0 Å². The number of H-pyrrole nitrogens is 1. The number of ether oxygens (including phenoxy) is 2. The Labute approximate surface area is 140 Å². The Morgan fingerprint density at radius 3 is 3.12 bits per heavy atom. The number of fused-ring (bicyclic) bond motifs is 1. The first kappa shape index (κ1) is 15.4. The molecule has 1 saturated carbocycles. The van der Waals surface area contributed by atoms with E-state index < -0.39 is 0 Å². The molecule has 126 valence electrons. The van der Waals surface area contributed by atoms with Gasteiger partial charge in [-0.15, -0.1) is 0 Å². The first-order valence-electron chi connectivity index (χ1n) is 8.30. The van der Waals surface area contributed by atoms with Crippen LogP contribution in [0.4, 0.5) is 0 Å². The number of hydrogen-bond acceptors (Lipinski definition) is 4. The van der Waals surface area contributed by atoms with E-state index in [2.05, 4.69) is 15.3 Å². The molecule has 1 aromatic carbocycles. The molecule has 1 amide bonds. The van der Waals surface area contributed by atoms with Gasteiger partial charge in [0.25, 0.3) is 5.91 Å². The number of imidazole rings is 1. The molecule has 0 radical (unpaired) electrons. The molecule has 2 fully saturated rings. The second-order valence-corrected chi connectivity index (χ2v) is 6.39. The van der Waals surface area contributed by atoms with Gasteiger partial charge in [-0.1, -0.05) is 18.2 Å². The molecule has 2 aromatic rings. The highest BCUT2D eigenvalue weighted by Crippen LogP contribution is 2.44. The summed E-state index contributed by atoms with van der Waals surface area (Å²) in [4.78, 5) is 20.2. The average molecular weight is 327 g/mol. The molecule has 24 heavy (non-hydrogen) atoms. The van der Waals surface area contributed by atoms with Crippen molar-refractivity contribution in [3.05, 3.63) is 42.2 Å². The minimum atomic E-state index is -0.0709. The van der Waals surface area contributed by atoms with Crippen LogP contribution in [0.25, 0.3) is 11.4 Å². The van der Waals surface area contributed by atoms with E-state index in [0.717, 1.165) is 18.6 Å². The summed E-state index contributed by atoms with van der Waals surface area (Å²) in [7, 11) is 1.69. The van der Waals surface area contributed by atoms with Gasteiger partial charge in [0, 0.05) is 49.6 Å². The van der Waals surface area contributed by atoms with Crippen LogP contribution in [0.2, 0.25) is 0 Å². The Morgan fingerprint density at radius 1 is 1.46 bits per heavy atom. The molecule has 6 heteroatoms. The second-order valence-electron chi connectivity index (χ2n) is 6.39. The van der Waals surface area contributed by atoms with Gasteiger partial charge >= 0.3 is 0 Å². The van der Waals surface area contributed by atoms with Crippen molar-refractivity contribution in [2.45, 2.75) is 18.6 Å². The summed E-state index contributed by atoms with van der Waals surface area (Å²) in [5.74, 6) is 1.25. The molecule has 2 N–H and O–H groups in total. The van der Waals surface area contributed by atoms with Crippen molar-refractivity contribution >= 4 is 5.91 Å². The summed E-state index contributed by atoms with van der Waals surface area (Å²) in [6, 6.07) is 7.63. The Balaban J connectivity index is 1.55. The van der Waals surface area contributed by atoms with Crippen LogP contribution in [-0.4, -0.2) is 48.3 Å². The minimum Gasteiger partial charge on any atom is -0.384 e. The van der Waals surface area contributed by atoms with Crippen LogP contribution in [0.3, 0.4) is 0 Å². The molecule has 4 rings (SSSR count). The molecule has 0 unspecified atom stereocenters. The second kappa shape index (κ2) is 6.37. The van der Waals surface area contributed by atoms with E-state index in [1.807, 2.05) is 24.3 Å². The molecule has 1 aliphatic carbocycles. The van der Waals surface area contributed by atoms with Crippen molar-refractivity contribution in [3.8, 4) is 11.4 Å². The van der Waals surface area contributed by atoms with E-state index in [4.69, 9.17) is 9.47 Å². The Hall–Kier alpha value is -2.18. The number of amides is 1. The van der Waals surface area contributed by atoms with E-state index in [0.29, 0.717) is 23.9 Å². The molecule has 6 nitrogen and oxygen atoms in total. The molecular weight excluding hydrogens is 306 g/mol. The predicted molar refractivity (Wildman–Crippen MR) is 88.5 cm³/mol. The maximum atomic E-state index is 12.9. The number of aromatic nitrogens is 2. The van der Waals surface area contributed by atoms with Gasteiger partial charge in [0.05, 0.1) is 18.3 Å². The third kappa shape index (κ3) is 2.52. The molecule has 1 aliphatic heterocycles. The van der Waals surface area contributed by atoms with Crippen molar-refractivity contribution in [2.75, 3.05) is 20.3 Å². The maximum Gasteiger partial charge on any atom is 0.252 e. The van der Waals surface area contributed by atoms with E-state index >= 15 is 0 Å². The van der Waals surface area contributed by atoms with E-state index in [9.17, 15) is 4.79 Å². The highest BCUT2D eigenvalue weighted by Gasteiger charge is 2.54. The lowest BCUT2D eigenvalue weighted by Gasteiger charge is -2.47. The molecule has 2 aliphatic rings. The molecule has 4 atom stereocenters. The van der Waals surface area contributed by atoms with Crippen molar-refractivity contribution in [1.82, 2.24) is 15.3 Å². The monoisotopic (exact) mass is 327 g/mol. The summed E-state index contributed by atoms with van der Waals surface area (Å²) in [6.45, 7) is 1.37. The fourth-order valence-corrected chi connectivity index (χ4v) is 3.96. The lowest BCUT2D eigenvalue weighted by molar-refractivity contribution is -0.0809. The maximum absolute atomic E-state index is 12.9. The summed E-state index contributed by atoms with van der Waals surface area (Å²) >= 11 is 0. The summed E-state index contributed by atoms with van der Waals surface area (Å²) < 4.78 is 11.1. The van der Waals surface area contributed by atoms with Gasteiger partial charge in [0.15, 0.2) is 0 Å². The molecule has 0 spiro atoms. The summed E-state index contributed by atoms with van der Waals surface area (Å²) in [5, 5.41) is 3.20. The van der Waals surface area contributed by atoms with Crippen LogP contribution in [0.1, 0.15) is 16.8 Å². The summed E-state index contributed by atoms with van der Waals surface area (Å²) in [5.41, 5.74) is 1.44. The Morgan fingerprint density at radius 2 is 2.33 bits per heavy atom. The number of carbonyl (C=O) groups excluding carboxylic acids is 1. The van der Waals surface area contributed by atoms with Gasteiger partial charge < -0.3 is 19.8 Å². The smallest absolute Gasteiger partial charge is 0.252 e. The number of hydrogen-bond donors (Lipinski definition) is 2. The number of nitrogens with zero attached hydrogens (tertiary/aromatic N) is 1. The van der Waals surface area contributed by atoms with Crippen molar-refractivity contribution < 1.29 is 14.3 Å². The Kier molecular flexibility index (Phi) is 4.08. The number of benzene rings is 1. The Bertz CT molecular complexity index is 716. The zero-order valence-electron chi connectivity index (χ0n) is 13.6. The topological polar surface area (TPSA) is 76.2 Å². The predicted octanol–water partition coefficient (Wildman–Crippen LogP) is 1.86. The molecule has 0 bridgehead atoms. The van der Waals surface area contributed by atoms with Gasteiger partial charge in [-0.2, -0.15) is 0 Å². The van der Waals surface area contributed by atoms with Crippen LogP contribution in [-0.2, 0) is 9.47 Å². The van der Waals surface area contributed by atoms with Crippen LogP contribution in [0.15, 0.2) is 36.7 Å². The summed E-state index contributed by atoms with van der Waals surface area (Å²) in [6.07, 6.45) is 4.65. The van der Waals surface area contributed by atoms with E-state index in [1.165, 1.54) is 0 Å². The molecular formula is C18H21N3O3. The fraction of sp³-hybridized carbons (Fsp3) is 0.444. The number of carbonyl (C=O) groups is 1. The standard InChI is InChI=1S/C18H21N3O3/c1-23-10-14-15(13-6-9-24-16(13)14)21-18(22)12-5-3-2-4-11(12)17-19-7-8-20-17/h2-5,7-8,13-16H,6,9-10H2,1H3,(H,19,20)(H,21,22)/t13-,14+,15+,16-/m0/s1. The largest absolute Gasteiger partial charge is 0.384 e. The van der Waals surface area contributed by atoms with Crippen molar-refractivity contribution in [2.24, 2.45) is 11.8 Å². The number of methoxy groups -OCH3 is 1. The number of rotatable bonds is 5. The minimum absolute atomic E-state index is 0.0709.